The molecule has 0 nitrogen and oxygen atoms in total. The molecular formula is C7H14B2. The first-order chi connectivity index (χ1) is 4.02. The maximum Gasteiger partial charge on any atom is 0.0656 e. The Bertz CT molecular complexity index is 69.5. The third-order valence-electron chi connectivity index (χ3n) is 1.79. The molecule has 0 amide bonds. The zero-order chi connectivity index (χ0) is 7.49. The molecule has 0 heterocycles. The lowest BCUT2D eigenvalue weighted by molar-refractivity contribution is 0.284. The number of rotatable bonds is 2. The largest absolute Gasteiger partial charge is 0.0861 e. The molecule has 0 aliphatic heterocycles. The second kappa shape index (κ2) is 3.34. The standard InChI is InChI=1S/C7H14B2/c1-7(2,3)6(4-8)5-9/h6H,4-5H2,1-3H3. The van der Waals surface area contributed by atoms with Crippen LogP contribution in [0.25, 0.3) is 0 Å². The van der Waals surface area contributed by atoms with Crippen molar-refractivity contribution in [3.05, 3.63) is 0 Å². The van der Waals surface area contributed by atoms with Crippen LogP contribution in [0.15, 0.2) is 0 Å². The summed E-state index contributed by atoms with van der Waals surface area (Å²) in [5.41, 5.74) is 0.267. The maximum atomic E-state index is 5.49. The fourth-order valence-electron chi connectivity index (χ4n) is 0.803. The monoisotopic (exact) mass is 120 g/mol. The van der Waals surface area contributed by atoms with Crippen LogP contribution in [0.1, 0.15) is 20.8 Å². The van der Waals surface area contributed by atoms with E-state index in [1.54, 1.807) is 0 Å². The third kappa shape index (κ3) is 2.98. The van der Waals surface area contributed by atoms with Gasteiger partial charge in [-0.15, -0.1) is 0 Å². The van der Waals surface area contributed by atoms with Crippen LogP contribution >= 0.6 is 0 Å². The SMILES string of the molecule is [B]CC(C[B])C(C)(C)C. The molecule has 0 aromatic rings. The van der Waals surface area contributed by atoms with E-state index in [1.807, 2.05) is 0 Å². The average molecular weight is 120 g/mol. The Labute approximate surface area is 61.2 Å². The Balaban J connectivity index is 3.79. The highest BCUT2D eigenvalue weighted by Gasteiger charge is 2.19. The predicted octanol–water partition coefficient (Wildman–Crippen LogP) is 1.82. The number of hydrogen-bond acceptors (Lipinski definition) is 0. The smallest absolute Gasteiger partial charge is 0.0656 e. The van der Waals surface area contributed by atoms with E-state index < -0.39 is 0 Å². The Hall–Kier alpha value is 0.130. The molecule has 0 saturated heterocycles. The first-order valence-corrected chi connectivity index (χ1v) is 3.42. The van der Waals surface area contributed by atoms with Gasteiger partial charge in [0.1, 0.15) is 0 Å². The summed E-state index contributed by atoms with van der Waals surface area (Å²) < 4.78 is 0. The van der Waals surface area contributed by atoms with Crippen molar-refractivity contribution in [1.82, 2.24) is 0 Å². The van der Waals surface area contributed by atoms with Crippen LogP contribution < -0.4 is 0 Å². The lowest BCUT2D eigenvalue weighted by Gasteiger charge is -2.29. The zero-order valence-corrected chi connectivity index (χ0v) is 6.65. The molecule has 0 aromatic carbocycles. The van der Waals surface area contributed by atoms with Crippen molar-refractivity contribution in [3.8, 4) is 0 Å². The summed E-state index contributed by atoms with van der Waals surface area (Å²) in [5.74, 6) is 0.456. The Kier molecular flexibility index (Phi) is 3.38. The Morgan fingerprint density at radius 3 is 1.44 bits per heavy atom. The summed E-state index contributed by atoms with van der Waals surface area (Å²) in [5, 5.41) is 0. The molecule has 0 fully saturated rings. The van der Waals surface area contributed by atoms with Gasteiger partial charge < -0.3 is 0 Å². The fraction of sp³-hybridized carbons (Fsp3) is 1.00. The van der Waals surface area contributed by atoms with Gasteiger partial charge in [-0.2, -0.15) is 0 Å². The van der Waals surface area contributed by atoms with Gasteiger partial charge in [0.2, 0.25) is 0 Å². The normalized spacial score (nSPS) is 12.4. The summed E-state index contributed by atoms with van der Waals surface area (Å²) >= 11 is 0. The highest BCUT2D eigenvalue weighted by atomic mass is 14.2. The van der Waals surface area contributed by atoms with Crippen LogP contribution in [-0.2, 0) is 0 Å². The molecule has 0 bridgehead atoms. The topological polar surface area (TPSA) is 0 Å². The minimum Gasteiger partial charge on any atom is -0.0861 e. The van der Waals surface area contributed by atoms with E-state index in [2.05, 4.69) is 20.8 Å². The first-order valence-electron chi connectivity index (χ1n) is 3.42. The van der Waals surface area contributed by atoms with Crippen molar-refractivity contribution < 1.29 is 0 Å². The van der Waals surface area contributed by atoms with Gasteiger partial charge in [-0.25, -0.2) is 0 Å². The van der Waals surface area contributed by atoms with Crippen LogP contribution in [0.2, 0.25) is 12.6 Å². The van der Waals surface area contributed by atoms with Crippen molar-refractivity contribution in [2.75, 3.05) is 0 Å². The van der Waals surface area contributed by atoms with Gasteiger partial charge >= 0.3 is 0 Å². The first kappa shape index (κ1) is 9.13. The highest BCUT2D eigenvalue weighted by Crippen LogP contribution is 2.30. The van der Waals surface area contributed by atoms with Crippen molar-refractivity contribution in [1.29, 1.82) is 0 Å². The van der Waals surface area contributed by atoms with E-state index in [4.69, 9.17) is 15.7 Å². The van der Waals surface area contributed by atoms with Crippen LogP contribution in [0.4, 0.5) is 0 Å². The fourth-order valence-corrected chi connectivity index (χ4v) is 0.803. The third-order valence-corrected chi connectivity index (χ3v) is 1.79. The minimum atomic E-state index is 0.267. The van der Waals surface area contributed by atoms with Gasteiger partial charge in [-0.3, -0.25) is 0 Å². The predicted molar refractivity (Wildman–Crippen MR) is 44.1 cm³/mol. The lowest BCUT2D eigenvalue weighted by atomic mass is 9.68. The zero-order valence-electron chi connectivity index (χ0n) is 6.65. The summed E-state index contributed by atoms with van der Waals surface area (Å²) in [6.07, 6.45) is 1.39. The van der Waals surface area contributed by atoms with E-state index in [0.29, 0.717) is 18.6 Å². The van der Waals surface area contributed by atoms with Crippen LogP contribution in [0.5, 0.6) is 0 Å². The van der Waals surface area contributed by atoms with Gasteiger partial charge in [-0.05, 0) is 5.41 Å². The second-order valence-corrected chi connectivity index (χ2v) is 3.53. The summed E-state index contributed by atoms with van der Waals surface area (Å²) in [4.78, 5) is 0. The number of hydrogen-bond donors (Lipinski definition) is 0. The molecule has 0 spiro atoms. The quantitative estimate of drug-likeness (QED) is 0.487. The van der Waals surface area contributed by atoms with E-state index in [1.165, 1.54) is 0 Å². The Morgan fingerprint density at radius 2 is 1.44 bits per heavy atom. The highest BCUT2D eigenvalue weighted by molar-refractivity contribution is 6.11. The summed E-state index contributed by atoms with van der Waals surface area (Å²) in [6, 6.07) is 0. The average Bonchev–Trinajstić information content (AvgIpc) is 1.65. The Morgan fingerprint density at radius 1 is 1.11 bits per heavy atom. The van der Waals surface area contributed by atoms with Gasteiger partial charge in [-0.1, -0.05) is 39.3 Å². The van der Waals surface area contributed by atoms with Gasteiger partial charge in [0.25, 0.3) is 0 Å². The molecule has 0 rings (SSSR count). The molecule has 48 valence electrons. The van der Waals surface area contributed by atoms with Gasteiger partial charge in [0, 0.05) is 0 Å². The van der Waals surface area contributed by atoms with Crippen LogP contribution in [-0.4, -0.2) is 15.7 Å². The molecular weight excluding hydrogens is 106 g/mol. The van der Waals surface area contributed by atoms with Crippen molar-refractivity contribution >= 4 is 15.7 Å². The maximum absolute atomic E-state index is 5.49. The molecule has 9 heavy (non-hydrogen) atoms. The lowest BCUT2D eigenvalue weighted by Crippen LogP contribution is -2.19. The van der Waals surface area contributed by atoms with Crippen LogP contribution in [0, 0.1) is 11.3 Å². The molecule has 0 atom stereocenters. The van der Waals surface area contributed by atoms with E-state index in [-0.39, 0.29) is 5.41 Å². The van der Waals surface area contributed by atoms with Gasteiger partial charge in [0.05, 0.1) is 15.7 Å². The minimum absolute atomic E-state index is 0.267. The van der Waals surface area contributed by atoms with Crippen LogP contribution in [0.3, 0.4) is 0 Å². The van der Waals surface area contributed by atoms with E-state index >= 15 is 0 Å². The van der Waals surface area contributed by atoms with Gasteiger partial charge in [0.15, 0.2) is 0 Å². The molecule has 0 aromatic heterocycles. The van der Waals surface area contributed by atoms with Crippen molar-refractivity contribution in [2.24, 2.45) is 11.3 Å². The molecule has 2 heteroatoms. The molecule has 0 unspecified atom stereocenters. The van der Waals surface area contributed by atoms with E-state index in [0.717, 1.165) is 0 Å². The summed E-state index contributed by atoms with van der Waals surface area (Å²) in [7, 11) is 11.0. The molecule has 0 N–H and O–H groups in total. The van der Waals surface area contributed by atoms with Crippen molar-refractivity contribution in [3.63, 3.8) is 0 Å². The van der Waals surface area contributed by atoms with E-state index in [9.17, 15) is 0 Å². The molecule has 0 aliphatic rings. The molecule has 4 radical (unpaired) electrons. The summed E-state index contributed by atoms with van der Waals surface area (Å²) in [6.45, 7) is 6.49. The molecule has 0 saturated carbocycles. The van der Waals surface area contributed by atoms with Crippen molar-refractivity contribution in [2.45, 2.75) is 33.4 Å². The second-order valence-electron chi connectivity index (χ2n) is 3.53. The molecule has 0 aliphatic carbocycles.